The highest BCUT2D eigenvalue weighted by atomic mass is 16.5. The fourth-order valence-electron chi connectivity index (χ4n) is 3.20. The van der Waals surface area contributed by atoms with Crippen molar-refractivity contribution < 1.29 is 29.3 Å². The van der Waals surface area contributed by atoms with Crippen LogP contribution < -0.4 is 4.74 Å². The van der Waals surface area contributed by atoms with Crippen molar-refractivity contribution in [1.82, 2.24) is 4.90 Å². The minimum Gasteiger partial charge on any atom is -0.491 e. The number of carbonyl (C=O) groups is 2. The van der Waals surface area contributed by atoms with Gasteiger partial charge in [0, 0.05) is 13.1 Å². The minimum absolute atomic E-state index is 0.528. The Morgan fingerprint density at radius 3 is 2.41 bits per heavy atom. The van der Waals surface area contributed by atoms with Crippen molar-refractivity contribution in [2.24, 2.45) is 5.92 Å². The number of aliphatic carboxylic acids is 2. The quantitative estimate of drug-likeness (QED) is 0.502. The molecule has 7 nitrogen and oxygen atoms in total. The predicted octanol–water partition coefficient (Wildman–Crippen LogP) is 3.40. The van der Waals surface area contributed by atoms with Gasteiger partial charge in [0.15, 0.2) is 0 Å². The van der Waals surface area contributed by atoms with Crippen molar-refractivity contribution in [3.8, 4) is 5.75 Å². The summed E-state index contributed by atoms with van der Waals surface area (Å²) < 4.78 is 11.6. The fourth-order valence-corrected chi connectivity index (χ4v) is 3.20. The molecule has 1 aromatic carbocycles. The van der Waals surface area contributed by atoms with E-state index in [2.05, 4.69) is 50.8 Å². The third-order valence-corrected chi connectivity index (χ3v) is 4.71. The van der Waals surface area contributed by atoms with Gasteiger partial charge in [-0.05, 0) is 61.4 Å². The van der Waals surface area contributed by atoms with Crippen LogP contribution in [0.2, 0.25) is 0 Å². The van der Waals surface area contributed by atoms with Crippen molar-refractivity contribution in [2.45, 2.75) is 46.5 Å². The van der Waals surface area contributed by atoms with E-state index >= 15 is 0 Å². The molecule has 7 heteroatoms. The lowest BCUT2D eigenvalue weighted by molar-refractivity contribution is -0.159. The van der Waals surface area contributed by atoms with Crippen LogP contribution >= 0.6 is 0 Å². The average Bonchev–Trinajstić information content (AvgIpc) is 2.64. The van der Waals surface area contributed by atoms with Gasteiger partial charge in [-0.3, -0.25) is 0 Å². The molecule has 0 aromatic heterocycles. The standard InChI is InChI=1S/C20H33NO2.C2H2O4/c1-16(2)19-12-18(4)13-20(14-19)23-11-10-22-9-8-21-7-5-6-17(3)15-21;3-1(4)2(5)6/h12-14,16-17H,5-11,15H2,1-4H3;(H,3,4)(H,5,6). The van der Waals surface area contributed by atoms with Crippen LogP contribution in [0.4, 0.5) is 0 Å². The summed E-state index contributed by atoms with van der Waals surface area (Å²) in [5, 5.41) is 14.8. The zero-order valence-corrected chi connectivity index (χ0v) is 18.0. The maximum atomic E-state index is 9.10. The predicted molar refractivity (Wildman–Crippen MR) is 112 cm³/mol. The van der Waals surface area contributed by atoms with Crippen molar-refractivity contribution in [3.63, 3.8) is 0 Å². The van der Waals surface area contributed by atoms with Gasteiger partial charge in [-0.1, -0.05) is 26.8 Å². The largest absolute Gasteiger partial charge is 0.491 e. The summed E-state index contributed by atoms with van der Waals surface area (Å²) >= 11 is 0. The SMILES string of the molecule is Cc1cc(OCCOCCN2CCCC(C)C2)cc(C(C)C)c1.O=C(O)C(=O)O. The van der Waals surface area contributed by atoms with Crippen LogP contribution in [0.1, 0.15) is 50.7 Å². The number of aryl methyl sites for hydroxylation is 1. The summed E-state index contributed by atoms with van der Waals surface area (Å²) in [5.41, 5.74) is 2.59. The van der Waals surface area contributed by atoms with Gasteiger partial charge in [0.1, 0.15) is 12.4 Å². The van der Waals surface area contributed by atoms with E-state index < -0.39 is 11.9 Å². The molecule has 1 aliphatic rings. The van der Waals surface area contributed by atoms with Gasteiger partial charge in [0.25, 0.3) is 0 Å². The van der Waals surface area contributed by atoms with Crippen LogP contribution in [-0.4, -0.2) is 66.5 Å². The molecule has 0 saturated carbocycles. The number of nitrogens with zero attached hydrogens (tertiary/aromatic N) is 1. The van der Waals surface area contributed by atoms with Gasteiger partial charge >= 0.3 is 11.9 Å². The Morgan fingerprint density at radius 1 is 1.14 bits per heavy atom. The minimum atomic E-state index is -1.82. The second-order valence-corrected chi connectivity index (χ2v) is 7.85. The number of benzene rings is 1. The molecule has 0 spiro atoms. The average molecular weight is 410 g/mol. The number of hydrogen-bond donors (Lipinski definition) is 2. The van der Waals surface area contributed by atoms with Gasteiger partial charge in [-0.25, -0.2) is 9.59 Å². The summed E-state index contributed by atoms with van der Waals surface area (Å²) in [4.78, 5) is 20.7. The molecule has 1 fully saturated rings. The molecule has 1 saturated heterocycles. The van der Waals surface area contributed by atoms with E-state index in [-0.39, 0.29) is 0 Å². The lowest BCUT2D eigenvalue weighted by atomic mass is 10.0. The highest BCUT2D eigenvalue weighted by molar-refractivity contribution is 6.27. The summed E-state index contributed by atoms with van der Waals surface area (Å²) in [6.07, 6.45) is 2.70. The number of hydrogen-bond acceptors (Lipinski definition) is 5. The molecule has 2 rings (SSSR count). The van der Waals surface area contributed by atoms with Crippen LogP contribution in [0.5, 0.6) is 5.75 Å². The van der Waals surface area contributed by atoms with Crippen LogP contribution in [0.3, 0.4) is 0 Å². The molecule has 1 unspecified atom stereocenters. The van der Waals surface area contributed by atoms with Crippen LogP contribution in [-0.2, 0) is 14.3 Å². The number of ether oxygens (including phenoxy) is 2. The van der Waals surface area contributed by atoms with Crippen molar-refractivity contribution >= 4 is 11.9 Å². The number of piperidine rings is 1. The Kier molecular flexibility index (Phi) is 11.3. The molecule has 164 valence electrons. The molecule has 0 amide bonds. The van der Waals surface area contributed by atoms with Crippen molar-refractivity contribution in [2.75, 3.05) is 39.5 Å². The Hall–Kier alpha value is -2.12. The molecule has 1 atom stereocenters. The highest BCUT2D eigenvalue weighted by Crippen LogP contribution is 2.22. The zero-order chi connectivity index (χ0) is 21.8. The molecule has 2 N–H and O–H groups in total. The molecular formula is C22H35NO6. The third kappa shape index (κ3) is 10.9. The van der Waals surface area contributed by atoms with E-state index in [4.69, 9.17) is 29.3 Å². The number of likely N-dealkylation sites (tertiary alicyclic amines) is 1. The van der Waals surface area contributed by atoms with E-state index in [1.54, 1.807) is 0 Å². The topological polar surface area (TPSA) is 96.3 Å². The molecule has 0 radical (unpaired) electrons. The zero-order valence-electron chi connectivity index (χ0n) is 18.0. The van der Waals surface area contributed by atoms with Gasteiger partial charge in [0.2, 0.25) is 0 Å². The van der Waals surface area contributed by atoms with Crippen molar-refractivity contribution in [1.29, 1.82) is 0 Å². The first-order valence-electron chi connectivity index (χ1n) is 10.2. The van der Waals surface area contributed by atoms with E-state index in [0.29, 0.717) is 19.1 Å². The van der Waals surface area contributed by atoms with E-state index in [1.807, 2.05) is 0 Å². The Morgan fingerprint density at radius 2 is 1.83 bits per heavy atom. The number of carboxylic acid groups (broad SMARTS) is 2. The van der Waals surface area contributed by atoms with Crippen LogP contribution in [0.25, 0.3) is 0 Å². The Labute approximate surface area is 173 Å². The normalized spacial score (nSPS) is 16.8. The molecular weight excluding hydrogens is 374 g/mol. The summed E-state index contributed by atoms with van der Waals surface area (Å²) in [6, 6.07) is 6.47. The molecule has 0 bridgehead atoms. The lowest BCUT2D eigenvalue weighted by Crippen LogP contribution is -2.36. The van der Waals surface area contributed by atoms with E-state index in [0.717, 1.165) is 24.8 Å². The molecule has 1 aliphatic heterocycles. The second-order valence-electron chi connectivity index (χ2n) is 7.85. The van der Waals surface area contributed by atoms with E-state index in [9.17, 15) is 0 Å². The summed E-state index contributed by atoms with van der Waals surface area (Å²) in [6.45, 7) is 14.5. The summed E-state index contributed by atoms with van der Waals surface area (Å²) in [5.74, 6) is -1.32. The molecule has 1 heterocycles. The summed E-state index contributed by atoms with van der Waals surface area (Å²) in [7, 11) is 0. The Bertz CT molecular complexity index is 634. The van der Waals surface area contributed by atoms with Crippen LogP contribution in [0, 0.1) is 12.8 Å². The van der Waals surface area contributed by atoms with Crippen LogP contribution in [0.15, 0.2) is 18.2 Å². The fraction of sp³-hybridized carbons (Fsp3) is 0.636. The van der Waals surface area contributed by atoms with Gasteiger partial charge in [-0.2, -0.15) is 0 Å². The van der Waals surface area contributed by atoms with Gasteiger partial charge < -0.3 is 24.6 Å². The number of rotatable bonds is 8. The smallest absolute Gasteiger partial charge is 0.414 e. The third-order valence-electron chi connectivity index (χ3n) is 4.71. The maximum Gasteiger partial charge on any atom is 0.414 e. The molecule has 1 aromatic rings. The van der Waals surface area contributed by atoms with Gasteiger partial charge in [0.05, 0.1) is 13.2 Å². The first-order chi connectivity index (χ1) is 13.7. The second kappa shape index (κ2) is 13.2. The van der Waals surface area contributed by atoms with Gasteiger partial charge in [-0.15, -0.1) is 0 Å². The van der Waals surface area contributed by atoms with E-state index in [1.165, 1.54) is 37.1 Å². The molecule has 0 aliphatic carbocycles. The maximum absolute atomic E-state index is 9.10. The monoisotopic (exact) mass is 409 g/mol. The molecule has 29 heavy (non-hydrogen) atoms. The van der Waals surface area contributed by atoms with Crippen molar-refractivity contribution in [3.05, 3.63) is 29.3 Å². The first kappa shape index (κ1) is 24.9. The lowest BCUT2D eigenvalue weighted by Gasteiger charge is -2.30. The highest BCUT2D eigenvalue weighted by Gasteiger charge is 2.15. The Balaban J connectivity index is 0.000000612. The number of carboxylic acids is 2. The first-order valence-corrected chi connectivity index (χ1v) is 10.2.